The van der Waals surface area contributed by atoms with Crippen LogP contribution in [-0.4, -0.2) is 36.5 Å². The predicted molar refractivity (Wildman–Crippen MR) is 79.3 cm³/mol. The molecule has 5 heteroatoms. The topological polar surface area (TPSA) is 46.6 Å². The maximum atomic E-state index is 12.8. The number of nitrogens with zero attached hydrogens (tertiary/aromatic N) is 1. The van der Waals surface area contributed by atoms with E-state index in [1.807, 2.05) is 11.0 Å². The zero-order chi connectivity index (χ0) is 15.0. The Morgan fingerprint density at radius 3 is 2.90 bits per heavy atom. The van der Waals surface area contributed by atoms with Gasteiger partial charge in [-0.05, 0) is 49.4 Å². The van der Waals surface area contributed by atoms with Gasteiger partial charge in [0, 0.05) is 23.2 Å². The number of benzene rings is 1. The number of halogens is 1. The monoisotopic (exact) mass is 307 g/mol. The van der Waals surface area contributed by atoms with Crippen LogP contribution in [0.2, 0.25) is 5.02 Å². The molecule has 1 saturated heterocycles. The lowest BCUT2D eigenvalue weighted by Crippen LogP contribution is -2.48. The summed E-state index contributed by atoms with van der Waals surface area (Å²) in [4.78, 5) is 26.4. The van der Waals surface area contributed by atoms with E-state index < -0.39 is 0 Å². The zero-order valence-corrected chi connectivity index (χ0v) is 12.7. The van der Waals surface area contributed by atoms with Crippen LogP contribution in [-0.2, 0) is 16.0 Å². The first kappa shape index (κ1) is 14.4. The normalized spacial score (nSPS) is 24.9. The summed E-state index contributed by atoms with van der Waals surface area (Å²) in [6.45, 7) is 0.457. The first-order valence-corrected chi connectivity index (χ1v) is 7.65. The third kappa shape index (κ3) is 2.64. The molecule has 2 aliphatic heterocycles. The SMILES string of the molecule is COC(=O)[C@@H]1CC[C@H]2CCc3cc(Cl)ccc3C(=O)N2C1. The fourth-order valence-electron chi connectivity index (χ4n) is 3.39. The summed E-state index contributed by atoms with van der Waals surface area (Å²) >= 11 is 6.03. The number of methoxy groups -OCH3 is 1. The number of rotatable bonds is 1. The highest BCUT2D eigenvalue weighted by Crippen LogP contribution is 2.32. The molecule has 0 radical (unpaired) electrons. The highest BCUT2D eigenvalue weighted by Gasteiger charge is 2.37. The zero-order valence-electron chi connectivity index (χ0n) is 12.0. The van der Waals surface area contributed by atoms with Crippen molar-refractivity contribution in [3.8, 4) is 0 Å². The number of carbonyl (C=O) groups excluding carboxylic acids is 2. The number of ether oxygens (including phenoxy) is 1. The lowest BCUT2D eigenvalue weighted by Gasteiger charge is -2.37. The second kappa shape index (κ2) is 5.68. The molecule has 1 aromatic rings. The summed E-state index contributed by atoms with van der Waals surface area (Å²) in [6.07, 6.45) is 3.42. The highest BCUT2D eigenvalue weighted by molar-refractivity contribution is 6.30. The number of hydrogen-bond acceptors (Lipinski definition) is 3. The van der Waals surface area contributed by atoms with Crippen molar-refractivity contribution in [2.45, 2.75) is 31.7 Å². The second-order valence-electron chi connectivity index (χ2n) is 5.75. The molecule has 112 valence electrons. The summed E-state index contributed by atoms with van der Waals surface area (Å²) in [5, 5.41) is 0.661. The van der Waals surface area contributed by atoms with Crippen LogP contribution in [0.1, 0.15) is 35.2 Å². The van der Waals surface area contributed by atoms with Crippen LogP contribution in [0.25, 0.3) is 0 Å². The minimum atomic E-state index is -0.221. The van der Waals surface area contributed by atoms with Crippen LogP contribution >= 0.6 is 11.6 Å². The molecule has 0 spiro atoms. The maximum Gasteiger partial charge on any atom is 0.310 e. The van der Waals surface area contributed by atoms with E-state index >= 15 is 0 Å². The average Bonchev–Trinajstić information content (AvgIpc) is 2.63. The van der Waals surface area contributed by atoms with Gasteiger partial charge < -0.3 is 9.64 Å². The van der Waals surface area contributed by atoms with Crippen molar-refractivity contribution in [2.24, 2.45) is 5.92 Å². The molecule has 0 unspecified atom stereocenters. The Labute approximate surface area is 129 Å². The van der Waals surface area contributed by atoms with E-state index in [9.17, 15) is 9.59 Å². The van der Waals surface area contributed by atoms with Crippen molar-refractivity contribution in [1.29, 1.82) is 0 Å². The lowest BCUT2D eigenvalue weighted by molar-refractivity contribution is -0.147. The number of carbonyl (C=O) groups is 2. The fourth-order valence-corrected chi connectivity index (χ4v) is 3.58. The Bertz CT molecular complexity index is 587. The van der Waals surface area contributed by atoms with Gasteiger partial charge >= 0.3 is 5.97 Å². The summed E-state index contributed by atoms with van der Waals surface area (Å²) in [5.74, 6) is -0.413. The molecule has 0 saturated carbocycles. The quantitative estimate of drug-likeness (QED) is 0.749. The molecule has 0 N–H and O–H groups in total. The molecule has 0 aromatic heterocycles. The largest absolute Gasteiger partial charge is 0.469 e. The van der Waals surface area contributed by atoms with Crippen LogP contribution in [0.5, 0.6) is 0 Å². The Morgan fingerprint density at radius 1 is 1.33 bits per heavy atom. The van der Waals surface area contributed by atoms with E-state index in [-0.39, 0.29) is 23.8 Å². The molecular formula is C16H18ClNO3. The van der Waals surface area contributed by atoms with Crippen molar-refractivity contribution in [2.75, 3.05) is 13.7 Å². The summed E-state index contributed by atoms with van der Waals surface area (Å²) in [7, 11) is 1.40. The summed E-state index contributed by atoms with van der Waals surface area (Å²) in [6, 6.07) is 5.64. The standard InChI is InChI=1S/C16H18ClNO3/c1-21-16(20)11-3-6-13-5-2-10-8-12(17)4-7-14(10)15(19)18(13)9-11/h4,7-8,11,13H,2-3,5-6,9H2,1H3/t11-,13-/m1/s1. The summed E-state index contributed by atoms with van der Waals surface area (Å²) < 4.78 is 4.83. The number of hydrogen-bond donors (Lipinski definition) is 0. The van der Waals surface area contributed by atoms with E-state index in [2.05, 4.69) is 0 Å². The highest BCUT2D eigenvalue weighted by atomic mass is 35.5. The Morgan fingerprint density at radius 2 is 2.14 bits per heavy atom. The molecule has 0 bridgehead atoms. The van der Waals surface area contributed by atoms with Crippen LogP contribution < -0.4 is 0 Å². The number of fused-ring (bicyclic) bond motifs is 2. The van der Waals surface area contributed by atoms with E-state index in [1.54, 1.807) is 12.1 Å². The number of piperidine rings is 1. The Balaban J connectivity index is 1.89. The van der Waals surface area contributed by atoms with Gasteiger partial charge in [0.25, 0.3) is 5.91 Å². The molecule has 3 rings (SSSR count). The minimum absolute atomic E-state index is 0.0118. The van der Waals surface area contributed by atoms with E-state index in [1.165, 1.54) is 7.11 Å². The van der Waals surface area contributed by atoms with Gasteiger partial charge in [-0.1, -0.05) is 11.6 Å². The van der Waals surface area contributed by atoms with Crippen molar-refractivity contribution in [3.63, 3.8) is 0 Å². The van der Waals surface area contributed by atoms with Gasteiger partial charge in [-0.3, -0.25) is 9.59 Å². The minimum Gasteiger partial charge on any atom is -0.469 e. The molecule has 1 fully saturated rings. The molecule has 4 nitrogen and oxygen atoms in total. The Kier molecular flexibility index (Phi) is 3.89. The number of esters is 1. The van der Waals surface area contributed by atoms with Gasteiger partial charge in [-0.15, -0.1) is 0 Å². The van der Waals surface area contributed by atoms with Crippen LogP contribution in [0, 0.1) is 5.92 Å². The molecule has 2 atom stereocenters. The first-order valence-electron chi connectivity index (χ1n) is 7.27. The van der Waals surface area contributed by atoms with E-state index in [0.717, 1.165) is 31.2 Å². The number of amides is 1. The van der Waals surface area contributed by atoms with Crippen molar-refractivity contribution >= 4 is 23.5 Å². The molecule has 2 aliphatic rings. The van der Waals surface area contributed by atoms with Crippen LogP contribution in [0.4, 0.5) is 0 Å². The van der Waals surface area contributed by atoms with Gasteiger partial charge in [0.05, 0.1) is 13.0 Å². The van der Waals surface area contributed by atoms with Crippen molar-refractivity contribution in [3.05, 3.63) is 34.3 Å². The average molecular weight is 308 g/mol. The van der Waals surface area contributed by atoms with Crippen molar-refractivity contribution in [1.82, 2.24) is 4.90 Å². The second-order valence-corrected chi connectivity index (χ2v) is 6.19. The molecule has 1 aromatic carbocycles. The first-order chi connectivity index (χ1) is 10.1. The van der Waals surface area contributed by atoms with E-state index in [4.69, 9.17) is 16.3 Å². The number of aryl methyl sites for hydroxylation is 1. The third-order valence-electron chi connectivity index (χ3n) is 4.55. The van der Waals surface area contributed by atoms with Crippen LogP contribution in [0.3, 0.4) is 0 Å². The molecular weight excluding hydrogens is 290 g/mol. The molecule has 0 aliphatic carbocycles. The fraction of sp³-hybridized carbons (Fsp3) is 0.500. The molecule has 21 heavy (non-hydrogen) atoms. The Hall–Kier alpha value is -1.55. The predicted octanol–water partition coefficient (Wildman–Crippen LogP) is 2.68. The maximum absolute atomic E-state index is 12.8. The molecule has 2 heterocycles. The van der Waals surface area contributed by atoms with Crippen molar-refractivity contribution < 1.29 is 14.3 Å². The van der Waals surface area contributed by atoms with Gasteiger partial charge in [0.15, 0.2) is 0 Å². The smallest absolute Gasteiger partial charge is 0.310 e. The van der Waals surface area contributed by atoms with Gasteiger partial charge in [-0.25, -0.2) is 0 Å². The van der Waals surface area contributed by atoms with Gasteiger partial charge in [0.1, 0.15) is 0 Å². The van der Waals surface area contributed by atoms with E-state index in [0.29, 0.717) is 17.1 Å². The third-order valence-corrected chi connectivity index (χ3v) is 4.78. The van der Waals surface area contributed by atoms with Crippen LogP contribution in [0.15, 0.2) is 18.2 Å². The van der Waals surface area contributed by atoms with Gasteiger partial charge in [0.2, 0.25) is 0 Å². The van der Waals surface area contributed by atoms with Gasteiger partial charge in [-0.2, -0.15) is 0 Å². The summed E-state index contributed by atoms with van der Waals surface area (Å²) in [5.41, 5.74) is 1.73. The molecule has 1 amide bonds. The lowest BCUT2D eigenvalue weighted by atomic mass is 9.91.